The maximum Gasteiger partial charge on any atom is 0.142 e. The summed E-state index contributed by atoms with van der Waals surface area (Å²) in [4.78, 5) is 0. The first-order chi connectivity index (χ1) is 9.20. The minimum atomic E-state index is 0.445. The van der Waals surface area contributed by atoms with E-state index in [4.69, 9.17) is 27.9 Å². The van der Waals surface area contributed by atoms with E-state index in [0.29, 0.717) is 23.2 Å². The molecule has 100 valence electrons. The van der Waals surface area contributed by atoms with Gasteiger partial charge in [-0.25, -0.2) is 0 Å². The molecule has 0 saturated carbocycles. The van der Waals surface area contributed by atoms with Crippen molar-refractivity contribution in [2.75, 3.05) is 7.05 Å². The van der Waals surface area contributed by atoms with Gasteiger partial charge in [-0.15, -0.1) is 0 Å². The van der Waals surface area contributed by atoms with Crippen LogP contribution in [0.1, 0.15) is 11.1 Å². The Labute approximate surface area is 123 Å². The summed E-state index contributed by atoms with van der Waals surface area (Å²) in [5, 5.41) is 4.42. The van der Waals surface area contributed by atoms with Crippen LogP contribution in [0, 0.1) is 0 Å². The first-order valence-corrected chi connectivity index (χ1v) is 6.75. The van der Waals surface area contributed by atoms with Gasteiger partial charge in [0.25, 0.3) is 0 Å². The Balaban J connectivity index is 2.14. The van der Waals surface area contributed by atoms with Gasteiger partial charge in [-0.1, -0.05) is 47.5 Å². The van der Waals surface area contributed by atoms with Gasteiger partial charge < -0.3 is 10.1 Å². The largest absolute Gasteiger partial charge is 0.487 e. The maximum absolute atomic E-state index is 6.18. The van der Waals surface area contributed by atoms with Crippen molar-refractivity contribution in [3.8, 4) is 5.75 Å². The second-order valence-corrected chi connectivity index (χ2v) is 5.02. The van der Waals surface area contributed by atoms with Crippen molar-refractivity contribution in [2.45, 2.75) is 13.2 Å². The SMILES string of the molecule is CNCc1cccc(Cl)c1OCc1cccc(Cl)c1. The molecular formula is C15H15Cl2NO. The average molecular weight is 296 g/mol. The highest BCUT2D eigenvalue weighted by molar-refractivity contribution is 6.32. The molecule has 0 unspecified atom stereocenters. The van der Waals surface area contributed by atoms with Crippen LogP contribution in [0.25, 0.3) is 0 Å². The zero-order chi connectivity index (χ0) is 13.7. The molecule has 2 aromatic carbocycles. The summed E-state index contributed by atoms with van der Waals surface area (Å²) in [5.74, 6) is 0.721. The highest BCUT2D eigenvalue weighted by Gasteiger charge is 2.08. The maximum atomic E-state index is 6.18. The molecule has 2 aromatic rings. The van der Waals surface area contributed by atoms with Gasteiger partial charge in [-0.3, -0.25) is 0 Å². The smallest absolute Gasteiger partial charge is 0.142 e. The van der Waals surface area contributed by atoms with Crippen LogP contribution in [0.3, 0.4) is 0 Å². The van der Waals surface area contributed by atoms with Crippen molar-refractivity contribution >= 4 is 23.2 Å². The third kappa shape index (κ3) is 3.87. The van der Waals surface area contributed by atoms with E-state index in [2.05, 4.69) is 5.32 Å². The van der Waals surface area contributed by atoms with E-state index in [1.165, 1.54) is 0 Å². The lowest BCUT2D eigenvalue weighted by atomic mass is 10.2. The van der Waals surface area contributed by atoms with Gasteiger partial charge in [0.1, 0.15) is 12.4 Å². The van der Waals surface area contributed by atoms with E-state index in [0.717, 1.165) is 16.9 Å². The topological polar surface area (TPSA) is 21.3 Å². The molecule has 2 rings (SSSR count). The van der Waals surface area contributed by atoms with Gasteiger partial charge in [0, 0.05) is 17.1 Å². The monoisotopic (exact) mass is 295 g/mol. The Hall–Kier alpha value is -1.22. The summed E-state index contributed by atoms with van der Waals surface area (Å²) in [6, 6.07) is 13.3. The number of hydrogen-bond acceptors (Lipinski definition) is 2. The highest BCUT2D eigenvalue weighted by Crippen LogP contribution is 2.29. The molecule has 0 aliphatic rings. The molecule has 0 fully saturated rings. The standard InChI is InChI=1S/C15H15Cl2NO/c1-18-9-12-5-3-7-14(17)15(12)19-10-11-4-2-6-13(16)8-11/h2-8,18H,9-10H2,1H3. The fraction of sp³-hybridized carbons (Fsp3) is 0.200. The zero-order valence-electron chi connectivity index (χ0n) is 10.6. The van der Waals surface area contributed by atoms with Gasteiger partial charge in [-0.05, 0) is 30.8 Å². The summed E-state index contributed by atoms with van der Waals surface area (Å²) >= 11 is 12.1. The lowest BCUT2D eigenvalue weighted by Crippen LogP contribution is -2.08. The Morgan fingerprint density at radius 1 is 1.11 bits per heavy atom. The molecule has 0 spiro atoms. The molecule has 0 heterocycles. The van der Waals surface area contributed by atoms with Crippen molar-refractivity contribution in [3.63, 3.8) is 0 Å². The second kappa shape index (κ2) is 6.80. The van der Waals surface area contributed by atoms with E-state index in [9.17, 15) is 0 Å². The summed E-state index contributed by atoms with van der Waals surface area (Å²) in [7, 11) is 1.89. The second-order valence-electron chi connectivity index (χ2n) is 4.18. The molecule has 0 aromatic heterocycles. The quantitative estimate of drug-likeness (QED) is 0.888. The van der Waals surface area contributed by atoms with Gasteiger partial charge >= 0.3 is 0 Å². The van der Waals surface area contributed by atoms with Crippen molar-refractivity contribution in [3.05, 3.63) is 63.6 Å². The molecule has 0 amide bonds. The van der Waals surface area contributed by atoms with Gasteiger partial charge in [0.15, 0.2) is 0 Å². The molecule has 0 bridgehead atoms. The Morgan fingerprint density at radius 3 is 2.63 bits per heavy atom. The van der Waals surface area contributed by atoms with Crippen molar-refractivity contribution < 1.29 is 4.74 Å². The van der Waals surface area contributed by atoms with E-state index >= 15 is 0 Å². The zero-order valence-corrected chi connectivity index (χ0v) is 12.1. The molecular weight excluding hydrogens is 281 g/mol. The highest BCUT2D eigenvalue weighted by atomic mass is 35.5. The van der Waals surface area contributed by atoms with Crippen molar-refractivity contribution in [1.29, 1.82) is 0 Å². The lowest BCUT2D eigenvalue weighted by Gasteiger charge is -2.13. The Bertz CT molecular complexity index is 558. The molecule has 0 aliphatic heterocycles. The molecule has 1 N–H and O–H groups in total. The normalized spacial score (nSPS) is 10.5. The van der Waals surface area contributed by atoms with Crippen molar-refractivity contribution in [2.24, 2.45) is 0 Å². The van der Waals surface area contributed by atoms with E-state index in [-0.39, 0.29) is 0 Å². The van der Waals surface area contributed by atoms with Gasteiger partial charge in [0.2, 0.25) is 0 Å². The summed E-state index contributed by atoms with van der Waals surface area (Å²) < 4.78 is 5.83. The van der Waals surface area contributed by atoms with Crippen LogP contribution in [0.5, 0.6) is 5.75 Å². The third-order valence-electron chi connectivity index (χ3n) is 2.69. The fourth-order valence-electron chi connectivity index (χ4n) is 1.83. The number of para-hydroxylation sites is 1. The first kappa shape index (κ1) is 14.2. The fourth-order valence-corrected chi connectivity index (χ4v) is 2.29. The van der Waals surface area contributed by atoms with Crippen LogP contribution in [-0.2, 0) is 13.2 Å². The van der Waals surface area contributed by atoms with Crippen LogP contribution < -0.4 is 10.1 Å². The van der Waals surface area contributed by atoms with Gasteiger partial charge in [-0.2, -0.15) is 0 Å². The number of nitrogens with one attached hydrogen (secondary N) is 1. The van der Waals surface area contributed by atoms with E-state index in [1.54, 1.807) is 0 Å². The Kier molecular flexibility index (Phi) is 5.08. The van der Waals surface area contributed by atoms with Gasteiger partial charge in [0.05, 0.1) is 5.02 Å². The molecule has 19 heavy (non-hydrogen) atoms. The molecule has 0 atom stereocenters. The first-order valence-electron chi connectivity index (χ1n) is 6.00. The van der Waals surface area contributed by atoms with Crippen LogP contribution >= 0.6 is 23.2 Å². The number of rotatable bonds is 5. The number of benzene rings is 2. The molecule has 0 radical (unpaired) electrons. The number of halogens is 2. The number of ether oxygens (including phenoxy) is 1. The number of hydrogen-bond donors (Lipinski definition) is 1. The lowest BCUT2D eigenvalue weighted by molar-refractivity contribution is 0.302. The van der Waals surface area contributed by atoms with E-state index in [1.807, 2.05) is 49.5 Å². The molecule has 2 nitrogen and oxygen atoms in total. The van der Waals surface area contributed by atoms with Crippen LogP contribution in [0.4, 0.5) is 0 Å². The predicted octanol–water partition coefficient (Wildman–Crippen LogP) is 4.29. The minimum absolute atomic E-state index is 0.445. The van der Waals surface area contributed by atoms with Crippen LogP contribution in [-0.4, -0.2) is 7.05 Å². The Morgan fingerprint density at radius 2 is 1.89 bits per heavy atom. The van der Waals surface area contributed by atoms with Crippen molar-refractivity contribution in [1.82, 2.24) is 5.32 Å². The van der Waals surface area contributed by atoms with Crippen LogP contribution in [0.2, 0.25) is 10.0 Å². The van der Waals surface area contributed by atoms with Crippen LogP contribution in [0.15, 0.2) is 42.5 Å². The third-order valence-corrected chi connectivity index (χ3v) is 3.22. The molecule has 0 saturated heterocycles. The summed E-state index contributed by atoms with van der Waals surface area (Å²) in [6.45, 7) is 1.16. The summed E-state index contributed by atoms with van der Waals surface area (Å²) in [5.41, 5.74) is 2.06. The average Bonchev–Trinajstić information content (AvgIpc) is 2.38. The molecule has 4 heteroatoms. The summed E-state index contributed by atoms with van der Waals surface area (Å²) in [6.07, 6.45) is 0. The van der Waals surface area contributed by atoms with E-state index < -0.39 is 0 Å². The predicted molar refractivity (Wildman–Crippen MR) is 80.0 cm³/mol. The minimum Gasteiger partial charge on any atom is -0.487 e. The molecule has 0 aliphatic carbocycles.